The largest absolute Gasteiger partial charge is 0.472 e. The molecule has 0 bridgehead atoms. The Hall–Kier alpha value is -1.94. The maximum atomic E-state index is 13.1. The zero-order chi connectivity index (χ0) is 77.4. The van der Waals surface area contributed by atoms with Gasteiger partial charge in [0.15, 0.2) is 12.2 Å². The van der Waals surface area contributed by atoms with Gasteiger partial charge < -0.3 is 33.8 Å². The Bertz CT molecular complexity index is 2040. The Balaban J connectivity index is 5.23. The molecule has 6 atom stereocenters. The van der Waals surface area contributed by atoms with Crippen LogP contribution in [0.5, 0.6) is 0 Å². The summed E-state index contributed by atoms with van der Waals surface area (Å²) in [5.74, 6) is 1.03. The lowest BCUT2D eigenvalue weighted by Gasteiger charge is -2.21. The molecular formula is C86H168O17P2. The fraction of sp³-hybridized carbons (Fsp3) is 0.953. The number of esters is 4. The van der Waals surface area contributed by atoms with Gasteiger partial charge in [-0.1, -0.05) is 396 Å². The summed E-state index contributed by atoms with van der Waals surface area (Å²) in [6.07, 6.45) is 64.0. The minimum absolute atomic E-state index is 0.106. The van der Waals surface area contributed by atoms with Gasteiger partial charge in [-0.2, -0.15) is 0 Å². The molecule has 0 rings (SSSR count). The van der Waals surface area contributed by atoms with E-state index in [1.807, 2.05) is 0 Å². The van der Waals surface area contributed by atoms with Crippen LogP contribution in [0.2, 0.25) is 0 Å². The highest BCUT2D eigenvalue weighted by atomic mass is 31.2. The molecule has 0 aliphatic carbocycles. The maximum absolute atomic E-state index is 13.1. The molecule has 0 aliphatic rings. The van der Waals surface area contributed by atoms with Crippen molar-refractivity contribution in [3.05, 3.63) is 0 Å². The number of carbonyl (C=O) groups is 4. The second kappa shape index (κ2) is 74.8. The number of unbranched alkanes of at least 4 members (excludes halogenated alkanes) is 48. The number of hydrogen-bond acceptors (Lipinski definition) is 15. The molecule has 0 aromatic rings. The van der Waals surface area contributed by atoms with Crippen LogP contribution in [0.1, 0.15) is 447 Å². The van der Waals surface area contributed by atoms with Crippen molar-refractivity contribution in [3.8, 4) is 0 Å². The van der Waals surface area contributed by atoms with E-state index >= 15 is 0 Å². The fourth-order valence-electron chi connectivity index (χ4n) is 13.3. The normalized spacial score (nSPS) is 14.2. The van der Waals surface area contributed by atoms with Crippen LogP contribution in [-0.4, -0.2) is 96.7 Å². The highest BCUT2D eigenvalue weighted by molar-refractivity contribution is 7.47. The quantitative estimate of drug-likeness (QED) is 0.0222. The molecule has 3 N–H and O–H groups in total. The Morgan fingerprint density at radius 1 is 0.267 bits per heavy atom. The minimum atomic E-state index is -4.97. The Morgan fingerprint density at radius 3 is 0.676 bits per heavy atom. The van der Waals surface area contributed by atoms with Gasteiger partial charge in [-0.25, -0.2) is 9.13 Å². The molecule has 0 aromatic heterocycles. The van der Waals surface area contributed by atoms with E-state index in [0.717, 1.165) is 120 Å². The zero-order valence-corrected chi connectivity index (χ0v) is 71.2. The van der Waals surface area contributed by atoms with Gasteiger partial charge >= 0.3 is 39.5 Å². The molecule has 3 unspecified atom stereocenters. The van der Waals surface area contributed by atoms with E-state index in [0.29, 0.717) is 25.7 Å². The predicted molar refractivity (Wildman–Crippen MR) is 432 cm³/mol. The SMILES string of the molecule is CCC(C)CCCCCCCCC(=O)OC[C@H](COP(=O)(O)OC[C@H](O)COP(=O)(O)OC[C@@H](COC(=O)CCCCCCCCCCCCCCCCCCC(C)C)OC(=O)CCCCCCCCCCCCCCCCCCCCC(C)C)OC(=O)CCCCCCCCCCCCCCC(C)C. The summed E-state index contributed by atoms with van der Waals surface area (Å²) in [6.45, 7) is 14.3. The number of phosphoric acid groups is 2. The lowest BCUT2D eigenvalue weighted by molar-refractivity contribution is -0.161. The summed E-state index contributed by atoms with van der Waals surface area (Å²) >= 11 is 0. The van der Waals surface area contributed by atoms with Crippen LogP contribution < -0.4 is 0 Å². The monoisotopic (exact) mass is 1540 g/mol. The molecule has 19 heteroatoms. The summed E-state index contributed by atoms with van der Waals surface area (Å²) in [5.41, 5.74) is 0. The molecule has 0 heterocycles. The van der Waals surface area contributed by atoms with Crippen LogP contribution in [0.3, 0.4) is 0 Å². The van der Waals surface area contributed by atoms with E-state index < -0.39 is 97.5 Å². The van der Waals surface area contributed by atoms with Crippen molar-refractivity contribution in [3.63, 3.8) is 0 Å². The summed E-state index contributed by atoms with van der Waals surface area (Å²) in [6, 6.07) is 0. The van der Waals surface area contributed by atoms with E-state index in [1.54, 1.807) is 0 Å². The zero-order valence-electron chi connectivity index (χ0n) is 69.4. The van der Waals surface area contributed by atoms with E-state index in [-0.39, 0.29) is 25.7 Å². The van der Waals surface area contributed by atoms with E-state index in [1.165, 1.54) is 244 Å². The van der Waals surface area contributed by atoms with Gasteiger partial charge in [-0.15, -0.1) is 0 Å². The van der Waals surface area contributed by atoms with E-state index in [2.05, 4.69) is 55.4 Å². The molecule has 624 valence electrons. The maximum Gasteiger partial charge on any atom is 0.472 e. The van der Waals surface area contributed by atoms with Crippen molar-refractivity contribution in [2.75, 3.05) is 39.6 Å². The molecular weight excluding hydrogens is 1370 g/mol. The standard InChI is InChI=1S/C86H168O17P2/c1-9-79(8)65-57-49-44-45-51-59-67-84(89)97-73-82(103-86(91)69-61-53-43-37-31-25-24-28-34-40-48-56-64-78(6)7)75-101-105(94,95)99-71-80(87)70-98-104(92,93)100-74-81(72-96-83(88)66-58-50-41-35-29-22-18-15-14-17-21-27-33-39-47-55-63-77(4)5)102-85(90)68-60-52-42-36-30-23-19-13-11-10-12-16-20-26-32-38-46-54-62-76(2)3/h76-82,87H,9-75H2,1-8H3,(H,92,93)(H,94,95)/t79?,80-,81-,82-/m1/s1. The fourth-order valence-corrected chi connectivity index (χ4v) is 14.9. The number of rotatable bonds is 83. The molecule has 0 spiro atoms. The van der Waals surface area contributed by atoms with Crippen LogP contribution in [0.4, 0.5) is 0 Å². The predicted octanol–water partition coefficient (Wildman–Crippen LogP) is 25.9. The number of hydrogen-bond donors (Lipinski definition) is 3. The molecule has 0 aliphatic heterocycles. The number of phosphoric ester groups is 2. The van der Waals surface area contributed by atoms with Gasteiger partial charge in [0, 0.05) is 25.7 Å². The summed E-state index contributed by atoms with van der Waals surface area (Å²) in [7, 11) is -9.93. The number of aliphatic hydroxyl groups excluding tert-OH is 1. The van der Waals surface area contributed by atoms with E-state index in [4.69, 9.17) is 37.0 Å². The van der Waals surface area contributed by atoms with Crippen molar-refractivity contribution in [1.82, 2.24) is 0 Å². The summed E-state index contributed by atoms with van der Waals surface area (Å²) in [5, 5.41) is 10.7. The first-order valence-electron chi connectivity index (χ1n) is 44.2. The van der Waals surface area contributed by atoms with Crippen molar-refractivity contribution >= 4 is 39.5 Å². The number of aliphatic hydroxyl groups is 1. The first kappa shape index (κ1) is 103. The Morgan fingerprint density at radius 2 is 0.457 bits per heavy atom. The molecule has 0 radical (unpaired) electrons. The average molecular weight is 1540 g/mol. The third kappa shape index (κ3) is 78.5. The van der Waals surface area contributed by atoms with E-state index in [9.17, 15) is 43.2 Å². The first-order valence-corrected chi connectivity index (χ1v) is 47.2. The molecule has 0 amide bonds. The molecule has 0 saturated carbocycles. The first-order chi connectivity index (χ1) is 50.6. The van der Waals surface area contributed by atoms with Crippen LogP contribution in [0.15, 0.2) is 0 Å². The highest BCUT2D eigenvalue weighted by Crippen LogP contribution is 2.45. The summed E-state index contributed by atoms with van der Waals surface area (Å²) in [4.78, 5) is 73.2. The molecule has 0 aromatic carbocycles. The molecule has 17 nitrogen and oxygen atoms in total. The highest BCUT2D eigenvalue weighted by Gasteiger charge is 2.31. The third-order valence-corrected chi connectivity index (χ3v) is 22.3. The van der Waals surface area contributed by atoms with Gasteiger partial charge in [-0.05, 0) is 49.4 Å². The van der Waals surface area contributed by atoms with Crippen molar-refractivity contribution in [2.24, 2.45) is 23.7 Å². The second-order valence-electron chi connectivity index (χ2n) is 32.6. The van der Waals surface area contributed by atoms with Crippen molar-refractivity contribution in [1.29, 1.82) is 0 Å². The minimum Gasteiger partial charge on any atom is -0.462 e. The third-order valence-electron chi connectivity index (χ3n) is 20.4. The van der Waals surface area contributed by atoms with Crippen LogP contribution in [-0.2, 0) is 65.4 Å². The van der Waals surface area contributed by atoms with Crippen LogP contribution in [0.25, 0.3) is 0 Å². The average Bonchev–Trinajstić information content (AvgIpc) is 0.912. The van der Waals surface area contributed by atoms with Crippen molar-refractivity contribution < 1.29 is 80.2 Å². The van der Waals surface area contributed by atoms with Gasteiger partial charge in [-0.3, -0.25) is 37.3 Å². The topological polar surface area (TPSA) is 237 Å². The van der Waals surface area contributed by atoms with Gasteiger partial charge in [0.25, 0.3) is 0 Å². The van der Waals surface area contributed by atoms with Gasteiger partial charge in [0.2, 0.25) is 0 Å². The second-order valence-corrected chi connectivity index (χ2v) is 35.5. The van der Waals surface area contributed by atoms with Crippen LogP contribution >= 0.6 is 15.6 Å². The smallest absolute Gasteiger partial charge is 0.462 e. The molecule has 0 fully saturated rings. The molecule has 105 heavy (non-hydrogen) atoms. The number of carbonyl (C=O) groups excluding carboxylic acids is 4. The lowest BCUT2D eigenvalue weighted by atomic mass is 10.00. The Kier molecular flexibility index (Phi) is 73.4. The number of ether oxygens (including phenoxy) is 4. The van der Waals surface area contributed by atoms with Gasteiger partial charge in [0.05, 0.1) is 26.4 Å². The lowest BCUT2D eigenvalue weighted by Crippen LogP contribution is -2.30. The molecule has 0 saturated heterocycles. The van der Waals surface area contributed by atoms with Crippen molar-refractivity contribution in [2.45, 2.75) is 465 Å². The summed E-state index contributed by atoms with van der Waals surface area (Å²) < 4.78 is 68.9. The Labute approximate surface area is 645 Å². The van der Waals surface area contributed by atoms with Crippen LogP contribution in [0, 0.1) is 23.7 Å². The van der Waals surface area contributed by atoms with Gasteiger partial charge in [0.1, 0.15) is 19.3 Å².